The monoisotopic (exact) mass is 330 g/mol. The predicted molar refractivity (Wildman–Crippen MR) is 91.6 cm³/mol. The van der Waals surface area contributed by atoms with Crippen LogP contribution in [0.4, 0.5) is 5.82 Å². The first-order valence-corrected chi connectivity index (χ1v) is 8.80. The molecule has 8 heteroatoms. The molecule has 0 aromatic carbocycles. The number of piperidine rings is 1. The molecule has 130 valence electrons. The molecule has 1 unspecified atom stereocenters. The van der Waals surface area contributed by atoms with Crippen molar-refractivity contribution in [3.05, 3.63) is 23.7 Å². The van der Waals surface area contributed by atoms with E-state index >= 15 is 0 Å². The first-order chi connectivity index (χ1) is 11.8. The summed E-state index contributed by atoms with van der Waals surface area (Å²) >= 11 is 0. The third-order valence-corrected chi connectivity index (χ3v) is 4.41. The van der Waals surface area contributed by atoms with Gasteiger partial charge in [0.1, 0.15) is 0 Å². The Kier molecular flexibility index (Phi) is 5.68. The quantitative estimate of drug-likeness (QED) is 0.820. The molecule has 0 amide bonds. The lowest BCUT2D eigenvalue weighted by Gasteiger charge is -2.33. The lowest BCUT2D eigenvalue weighted by molar-refractivity contribution is 0.407. The largest absolute Gasteiger partial charge is 0.354 e. The molecule has 0 saturated carbocycles. The van der Waals surface area contributed by atoms with Crippen LogP contribution in [0.15, 0.2) is 12.1 Å². The third kappa shape index (κ3) is 4.25. The van der Waals surface area contributed by atoms with E-state index in [1.807, 2.05) is 17.7 Å². The number of tetrazole rings is 1. The number of hydrogen-bond acceptors (Lipinski definition) is 7. The highest BCUT2D eigenvalue weighted by Crippen LogP contribution is 2.17. The maximum absolute atomic E-state index is 4.31. The van der Waals surface area contributed by atoms with E-state index < -0.39 is 0 Å². The summed E-state index contributed by atoms with van der Waals surface area (Å²) in [6.07, 6.45) is 4.55. The lowest BCUT2D eigenvalue weighted by atomic mass is 10.1. The molecule has 1 N–H and O–H groups in total. The standard InChI is InChI=1S/C16H26N8/c1-3-4-10-24-16(20-21-22-24)11-17-14-6-5-9-23(12-14)15-8-7-13(2)18-19-15/h7-8,14,17H,3-6,9-12H2,1-2H3. The van der Waals surface area contributed by atoms with Crippen molar-refractivity contribution in [3.8, 4) is 0 Å². The normalized spacial score (nSPS) is 18.1. The average Bonchev–Trinajstić information content (AvgIpc) is 3.06. The number of nitrogens with zero attached hydrogens (tertiary/aromatic N) is 7. The summed E-state index contributed by atoms with van der Waals surface area (Å²) in [5.74, 6) is 1.87. The molecule has 0 radical (unpaired) electrons. The van der Waals surface area contributed by atoms with Gasteiger partial charge in [0.25, 0.3) is 0 Å². The highest BCUT2D eigenvalue weighted by atomic mass is 15.5. The molecule has 1 fully saturated rings. The van der Waals surface area contributed by atoms with Crippen molar-refractivity contribution in [2.24, 2.45) is 0 Å². The zero-order chi connectivity index (χ0) is 16.8. The van der Waals surface area contributed by atoms with E-state index in [0.717, 1.165) is 62.7 Å². The van der Waals surface area contributed by atoms with Crippen LogP contribution >= 0.6 is 0 Å². The van der Waals surface area contributed by atoms with Crippen LogP contribution in [0.1, 0.15) is 44.1 Å². The molecule has 0 aliphatic carbocycles. The molecule has 1 atom stereocenters. The van der Waals surface area contributed by atoms with Crippen LogP contribution in [0.5, 0.6) is 0 Å². The second-order valence-corrected chi connectivity index (χ2v) is 6.37. The van der Waals surface area contributed by atoms with Gasteiger partial charge >= 0.3 is 0 Å². The number of aromatic nitrogens is 6. The van der Waals surface area contributed by atoms with E-state index in [4.69, 9.17) is 0 Å². The Morgan fingerprint density at radius 1 is 1.25 bits per heavy atom. The maximum atomic E-state index is 4.31. The molecule has 24 heavy (non-hydrogen) atoms. The number of nitrogens with one attached hydrogen (secondary N) is 1. The van der Waals surface area contributed by atoms with Crippen LogP contribution in [0.25, 0.3) is 0 Å². The van der Waals surface area contributed by atoms with E-state index in [1.54, 1.807) is 0 Å². The number of aryl methyl sites for hydroxylation is 2. The SMILES string of the molecule is CCCCn1nnnc1CNC1CCCN(c2ccc(C)nn2)C1. The predicted octanol–water partition coefficient (Wildman–Crippen LogP) is 1.33. The van der Waals surface area contributed by atoms with Gasteiger partial charge in [0.2, 0.25) is 0 Å². The molecular weight excluding hydrogens is 304 g/mol. The molecule has 0 bridgehead atoms. The van der Waals surface area contributed by atoms with E-state index in [0.29, 0.717) is 12.6 Å². The minimum Gasteiger partial charge on any atom is -0.354 e. The van der Waals surface area contributed by atoms with E-state index in [1.165, 1.54) is 0 Å². The lowest BCUT2D eigenvalue weighted by Crippen LogP contribution is -2.46. The van der Waals surface area contributed by atoms with Gasteiger partial charge in [-0.25, -0.2) is 4.68 Å². The Morgan fingerprint density at radius 3 is 2.96 bits per heavy atom. The molecule has 1 aliphatic rings. The number of unbranched alkanes of at least 4 members (excludes halogenated alkanes) is 1. The topological polar surface area (TPSA) is 84.7 Å². The first kappa shape index (κ1) is 16.8. The van der Waals surface area contributed by atoms with Gasteiger partial charge in [-0.05, 0) is 48.7 Å². The van der Waals surface area contributed by atoms with Crippen LogP contribution in [0.2, 0.25) is 0 Å². The van der Waals surface area contributed by atoms with Crippen LogP contribution in [-0.4, -0.2) is 49.5 Å². The average molecular weight is 330 g/mol. The number of hydrogen-bond donors (Lipinski definition) is 1. The minimum atomic E-state index is 0.415. The van der Waals surface area contributed by atoms with E-state index in [9.17, 15) is 0 Å². The molecule has 8 nitrogen and oxygen atoms in total. The molecule has 3 heterocycles. The Morgan fingerprint density at radius 2 is 2.17 bits per heavy atom. The Hall–Kier alpha value is -2.09. The fourth-order valence-electron chi connectivity index (χ4n) is 2.98. The zero-order valence-corrected chi connectivity index (χ0v) is 14.5. The number of rotatable bonds is 7. The van der Waals surface area contributed by atoms with Crippen molar-refractivity contribution in [2.75, 3.05) is 18.0 Å². The third-order valence-electron chi connectivity index (χ3n) is 4.41. The van der Waals surface area contributed by atoms with Crippen molar-refractivity contribution in [2.45, 2.75) is 58.7 Å². The van der Waals surface area contributed by atoms with Crippen molar-refractivity contribution >= 4 is 5.82 Å². The van der Waals surface area contributed by atoms with E-state index in [-0.39, 0.29) is 0 Å². The van der Waals surface area contributed by atoms with Gasteiger partial charge in [0.15, 0.2) is 11.6 Å². The van der Waals surface area contributed by atoms with Crippen LogP contribution in [0, 0.1) is 6.92 Å². The maximum Gasteiger partial charge on any atom is 0.165 e. The highest BCUT2D eigenvalue weighted by molar-refractivity contribution is 5.38. The van der Waals surface area contributed by atoms with Gasteiger partial charge in [-0.3, -0.25) is 0 Å². The fraction of sp³-hybridized carbons (Fsp3) is 0.688. The van der Waals surface area contributed by atoms with Gasteiger partial charge in [0.05, 0.1) is 12.2 Å². The summed E-state index contributed by atoms with van der Waals surface area (Å²) in [6.45, 7) is 7.69. The molecule has 1 saturated heterocycles. The Balaban J connectivity index is 1.54. The molecule has 2 aromatic heterocycles. The molecule has 2 aromatic rings. The summed E-state index contributed by atoms with van der Waals surface area (Å²) in [5, 5.41) is 24.1. The zero-order valence-electron chi connectivity index (χ0n) is 14.5. The van der Waals surface area contributed by atoms with Crippen molar-refractivity contribution in [3.63, 3.8) is 0 Å². The Bertz CT molecular complexity index is 623. The van der Waals surface area contributed by atoms with Gasteiger partial charge in [0, 0.05) is 25.7 Å². The van der Waals surface area contributed by atoms with Crippen LogP contribution < -0.4 is 10.2 Å². The van der Waals surface area contributed by atoms with Crippen molar-refractivity contribution in [1.29, 1.82) is 0 Å². The van der Waals surface area contributed by atoms with E-state index in [2.05, 4.69) is 48.9 Å². The minimum absolute atomic E-state index is 0.415. The first-order valence-electron chi connectivity index (χ1n) is 8.80. The fourth-order valence-corrected chi connectivity index (χ4v) is 2.98. The van der Waals surface area contributed by atoms with Crippen molar-refractivity contribution < 1.29 is 0 Å². The van der Waals surface area contributed by atoms with Gasteiger partial charge in [-0.15, -0.1) is 10.2 Å². The van der Waals surface area contributed by atoms with Crippen LogP contribution in [0.3, 0.4) is 0 Å². The molecular formula is C16H26N8. The molecule has 0 spiro atoms. The molecule has 3 rings (SSSR count). The highest BCUT2D eigenvalue weighted by Gasteiger charge is 2.21. The van der Waals surface area contributed by atoms with Crippen LogP contribution in [-0.2, 0) is 13.1 Å². The smallest absolute Gasteiger partial charge is 0.165 e. The second-order valence-electron chi connectivity index (χ2n) is 6.37. The van der Waals surface area contributed by atoms with Gasteiger partial charge in [-0.1, -0.05) is 13.3 Å². The van der Waals surface area contributed by atoms with Gasteiger partial charge < -0.3 is 10.2 Å². The summed E-state index contributed by atoms with van der Waals surface area (Å²) in [5.41, 5.74) is 0.948. The summed E-state index contributed by atoms with van der Waals surface area (Å²) in [6, 6.07) is 4.48. The number of anilines is 1. The summed E-state index contributed by atoms with van der Waals surface area (Å²) in [4.78, 5) is 2.30. The Labute approximate surface area is 142 Å². The molecule has 1 aliphatic heterocycles. The van der Waals surface area contributed by atoms with Crippen molar-refractivity contribution in [1.82, 2.24) is 35.7 Å². The van der Waals surface area contributed by atoms with Gasteiger partial charge in [-0.2, -0.15) is 5.10 Å². The summed E-state index contributed by atoms with van der Waals surface area (Å²) < 4.78 is 1.91. The summed E-state index contributed by atoms with van der Waals surface area (Å²) in [7, 11) is 0. The second kappa shape index (κ2) is 8.14.